The van der Waals surface area contributed by atoms with Crippen LogP contribution < -0.4 is 5.14 Å². The van der Waals surface area contributed by atoms with Crippen LogP contribution in [0.5, 0.6) is 0 Å². The van der Waals surface area contributed by atoms with Gasteiger partial charge in [-0.05, 0) is 41.0 Å². The van der Waals surface area contributed by atoms with Crippen molar-refractivity contribution in [1.82, 2.24) is 0 Å². The lowest BCUT2D eigenvalue weighted by atomic mass is 9.82. The van der Waals surface area contributed by atoms with Gasteiger partial charge in [0, 0.05) is 4.90 Å². The van der Waals surface area contributed by atoms with E-state index in [0.717, 1.165) is 6.42 Å². The zero-order valence-corrected chi connectivity index (χ0v) is 10.9. The third-order valence-corrected chi connectivity index (χ3v) is 3.20. The van der Waals surface area contributed by atoms with Gasteiger partial charge in [-0.25, -0.2) is 0 Å². The molecule has 0 unspecified atom stereocenters. The Morgan fingerprint density at radius 3 is 2.40 bits per heavy atom. The molecule has 2 heteroatoms. The minimum Gasteiger partial charge on any atom is -0.274 e. The smallest absolute Gasteiger partial charge is 0.0260 e. The predicted molar refractivity (Wildman–Crippen MR) is 69.2 cm³/mol. The average molecular weight is 223 g/mol. The van der Waals surface area contributed by atoms with Gasteiger partial charge in [-0.1, -0.05) is 46.2 Å². The zero-order chi connectivity index (χ0) is 11.5. The van der Waals surface area contributed by atoms with E-state index < -0.39 is 0 Å². The van der Waals surface area contributed by atoms with Crippen molar-refractivity contribution >= 4 is 11.9 Å². The van der Waals surface area contributed by atoms with E-state index in [1.54, 1.807) is 0 Å². The molecule has 0 bridgehead atoms. The Bertz CT molecular complexity index is 326. The van der Waals surface area contributed by atoms with Crippen LogP contribution in [0.1, 0.15) is 45.2 Å². The van der Waals surface area contributed by atoms with Crippen LogP contribution in [0.25, 0.3) is 0 Å². The first-order valence-electron chi connectivity index (χ1n) is 5.49. The quantitative estimate of drug-likeness (QED) is 0.786. The molecule has 0 aliphatic rings. The Hall–Kier alpha value is -0.470. The molecule has 1 nitrogen and oxygen atoms in total. The van der Waals surface area contributed by atoms with Gasteiger partial charge < -0.3 is 0 Å². The highest BCUT2D eigenvalue weighted by atomic mass is 32.2. The zero-order valence-electron chi connectivity index (χ0n) is 10.1. The summed E-state index contributed by atoms with van der Waals surface area (Å²) in [5.41, 5.74) is 3.07. The van der Waals surface area contributed by atoms with E-state index in [1.807, 2.05) is 0 Å². The Balaban J connectivity index is 3.25. The summed E-state index contributed by atoms with van der Waals surface area (Å²) in [7, 11) is 0. The van der Waals surface area contributed by atoms with E-state index in [4.69, 9.17) is 5.14 Å². The van der Waals surface area contributed by atoms with E-state index >= 15 is 0 Å². The standard InChI is InChI=1S/C13H21NS/c1-5-7-10-11(13(2,3)4)8-6-9-12(10)15-14/h6,8-9H,5,7,14H2,1-4H3. The van der Waals surface area contributed by atoms with Gasteiger partial charge in [0.05, 0.1) is 0 Å². The van der Waals surface area contributed by atoms with E-state index in [-0.39, 0.29) is 5.41 Å². The van der Waals surface area contributed by atoms with Gasteiger partial charge in [-0.3, -0.25) is 5.14 Å². The van der Waals surface area contributed by atoms with Gasteiger partial charge in [0.1, 0.15) is 0 Å². The van der Waals surface area contributed by atoms with Gasteiger partial charge in [-0.15, -0.1) is 0 Å². The van der Waals surface area contributed by atoms with Gasteiger partial charge >= 0.3 is 0 Å². The molecule has 0 fully saturated rings. The van der Waals surface area contributed by atoms with Gasteiger partial charge in [0.15, 0.2) is 0 Å². The first kappa shape index (κ1) is 12.6. The number of hydrogen-bond donors (Lipinski definition) is 1. The molecule has 0 aromatic heterocycles. The molecular formula is C13H21NS. The number of rotatable bonds is 3. The molecule has 1 rings (SSSR count). The van der Waals surface area contributed by atoms with Crippen molar-refractivity contribution in [1.29, 1.82) is 0 Å². The lowest BCUT2D eigenvalue weighted by molar-refractivity contribution is 0.578. The topological polar surface area (TPSA) is 26.0 Å². The summed E-state index contributed by atoms with van der Waals surface area (Å²) < 4.78 is 0. The number of nitrogens with two attached hydrogens (primary N) is 1. The first-order valence-corrected chi connectivity index (χ1v) is 6.37. The monoisotopic (exact) mass is 223 g/mol. The van der Waals surface area contributed by atoms with E-state index in [0.29, 0.717) is 0 Å². The highest BCUT2D eigenvalue weighted by Gasteiger charge is 2.19. The average Bonchev–Trinajstić information content (AvgIpc) is 2.17. The van der Waals surface area contributed by atoms with Crippen molar-refractivity contribution in [2.45, 2.75) is 50.8 Å². The van der Waals surface area contributed by atoms with Crippen LogP contribution in [-0.4, -0.2) is 0 Å². The Labute approximate surface area is 97.6 Å². The maximum Gasteiger partial charge on any atom is 0.0260 e. The fraction of sp³-hybridized carbons (Fsp3) is 0.538. The van der Waals surface area contributed by atoms with Crippen molar-refractivity contribution in [2.75, 3.05) is 0 Å². The molecule has 0 saturated heterocycles. The Morgan fingerprint density at radius 2 is 1.93 bits per heavy atom. The third kappa shape index (κ3) is 2.99. The van der Waals surface area contributed by atoms with Crippen molar-refractivity contribution in [2.24, 2.45) is 5.14 Å². The van der Waals surface area contributed by atoms with E-state index in [1.165, 1.54) is 34.4 Å². The summed E-state index contributed by atoms with van der Waals surface area (Å²) in [6, 6.07) is 6.45. The largest absolute Gasteiger partial charge is 0.274 e. The lowest BCUT2D eigenvalue weighted by Crippen LogP contribution is -2.15. The maximum absolute atomic E-state index is 5.71. The van der Waals surface area contributed by atoms with E-state index in [9.17, 15) is 0 Å². The Kier molecular flexibility index (Phi) is 4.23. The van der Waals surface area contributed by atoms with Gasteiger partial charge in [-0.2, -0.15) is 0 Å². The summed E-state index contributed by atoms with van der Waals surface area (Å²) in [5.74, 6) is 0. The van der Waals surface area contributed by atoms with Gasteiger partial charge in [0.2, 0.25) is 0 Å². The molecule has 0 spiro atoms. The number of hydrogen-bond acceptors (Lipinski definition) is 2. The fourth-order valence-corrected chi connectivity index (χ4v) is 2.40. The molecule has 1 aromatic carbocycles. The number of benzene rings is 1. The molecule has 15 heavy (non-hydrogen) atoms. The van der Waals surface area contributed by atoms with Crippen LogP contribution in [0, 0.1) is 0 Å². The second kappa shape index (κ2) is 5.04. The van der Waals surface area contributed by atoms with Crippen LogP contribution in [-0.2, 0) is 11.8 Å². The Morgan fingerprint density at radius 1 is 1.27 bits per heavy atom. The summed E-state index contributed by atoms with van der Waals surface area (Å²) in [4.78, 5) is 1.23. The molecular weight excluding hydrogens is 202 g/mol. The van der Waals surface area contributed by atoms with Crippen LogP contribution in [0.2, 0.25) is 0 Å². The third-order valence-electron chi connectivity index (χ3n) is 2.57. The molecule has 1 aromatic rings. The summed E-state index contributed by atoms with van der Waals surface area (Å²) in [5, 5.41) is 5.71. The summed E-state index contributed by atoms with van der Waals surface area (Å²) in [6.07, 6.45) is 2.29. The highest BCUT2D eigenvalue weighted by molar-refractivity contribution is 7.97. The SMILES string of the molecule is CCCc1c(SN)cccc1C(C)(C)C. The van der Waals surface area contributed by atoms with E-state index in [2.05, 4.69) is 45.9 Å². The second-order valence-corrected chi connectivity index (χ2v) is 5.58. The first-order chi connectivity index (χ1) is 7.00. The van der Waals surface area contributed by atoms with Crippen molar-refractivity contribution in [3.05, 3.63) is 29.3 Å². The molecule has 0 aliphatic carbocycles. The molecule has 84 valence electrons. The summed E-state index contributed by atoms with van der Waals surface area (Å²) >= 11 is 1.37. The lowest BCUT2D eigenvalue weighted by Gasteiger charge is -2.24. The molecule has 2 N–H and O–H groups in total. The van der Waals surface area contributed by atoms with Crippen molar-refractivity contribution in [3.63, 3.8) is 0 Å². The summed E-state index contributed by atoms with van der Waals surface area (Å²) in [6.45, 7) is 8.98. The fourth-order valence-electron chi connectivity index (χ4n) is 1.89. The minimum absolute atomic E-state index is 0.205. The molecule has 0 atom stereocenters. The minimum atomic E-state index is 0.205. The molecule has 0 radical (unpaired) electrons. The predicted octanol–water partition coefficient (Wildman–Crippen LogP) is 3.90. The molecule has 0 heterocycles. The molecule has 0 saturated carbocycles. The molecule has 0 amide bonds. The van der Waals surface area contributed by atoms with Crippen LogP contribution in [0.4, 0.5) is 0 Å². The van der Waals surface area contributed by atoms with Crippen LogP contribution >= 0.6 is 11.9 Å². The van der Waals surface area contributed by atoms with Crippen LogP contribution in [0.15, 0.2) is 23.1 Å². The second-order valence-electron chi connectivity index (χ2n) is 4.90. The van der Waals surface area contributed by atoms with Crippen molar-refractivity contribution in [3.8, 4) is 0 Å². The maximum atomic E-state index is 5.71. The van der Waals surface area contributed by atoms with Gasteiger partial charge in [0.25, 0.3) is 0 Å². The molecule has 0 aliphatic heterocycles. The highest BCUT2D eigenvalue weighted by Crippen LogP contribution is 2.31. The van der Waals surface area contributed by atoms with Crippen molar-refractivity contribution < 1.29 is 0 Å². The van der Waals surface area contributed by atoms with Crippen LogP contribution in [0.3, 0.4) is 0 Å². The normalized spacial score (nSPS) is 11.8.